The van der Waals surface area contributed by atoms with E-state index in [0.29, 0.717) is 17.4 Å². The number of nitrogens with zero attached hydrogens (tertiary/aromatic N) is 3. The van der Waals surface area contributed by atoms with Gasteiger partial charge in [0.25, 0.3) is 11.5 Å². The molecule has 1 amide bonds. The molecule has 0 fully saturated rings. The number of anilines is 1. The van der Waals surface area contributed by atoms with Crippen LogP contribution in [0.15, 0.2) is 77.6 Å². The molecule has 5 rings (SSSR count). The SMILES string of the molecule is Cc1ccc(C(=O)NCCCc2ccccc2)c(OC(=O)C(F)(F)F)c1-c1nc(NC(CO)CO)nc2c1ccc(=O)n2-c1c(F)cccc1F. The summed E-state index contributed by atoms with van der Waals surface area (Å²) in [5.74, 6) is -7.17. The Morgan fingerprint density at radius 2 is 1.61 bits per heavy atom. The molecule has 51 heavy (non-hydrogen) atoms. The molecule has 2 aromatic heterocycles. The van der Waals surface area contributed by atoms with Gasteiger partial charge in [0.05, 0.1) is 30.5 Å². The average molecular weight is 712 g/mol. The summed E-state index contributed by atoms with van der Waals surface area (Å²) < 4.78 is 76.6. The predicted octanol–water partition coefficient (Wildman–Crippen LogP) is 4.63. The lowest BCUT2D eigenvalue weighted by atomic mass is 9.97. The lowest BCUT2D eigenvalue weighted by Gasteiger charge is -2.21. The molecule has 2 heterocycles. The maximum atomic E-state index is 15.1. The summed E-state index contributed by atoms with van der Waals surface area (Å²) in [6.45, 7) is 0.187. The Labute approximate surface area is 286 Å². The van der Waals surface area contributed by atoms with Gasteiger partial charge in [-0.3, -0.25) is 14.2 Å². The van der Waals surface area contributed by atoms with Crippen LogP contribution in [0, 0.1) is 18.6 Å². The molecule has 11 nitrogen and oxygen atoms in total. The number of para-hydroxylation sites is 1. The molecule has 266 valence electrons. The number of fused-ring (bicyclic) bond motifs is 1. The molecule has 0 bridgehead atoms. The Morgan fingerprint density at radius 3 is 2.25 bits per heavy atom. The van der Waals surface area contributed by atoms with Crippen LogP contribution in [-0.4, -0.2) is 68.6 Å². The zero-order chi connectivity index (χ0) is 36.9. The van der Waals surface area contributed by atoms with Gasteiger partial charge in [0.15, 0.2) is 11.4 Å². The third kappa shape index (κ3) is 8.02. The van der Waals surface area contributed by atoms with Gasteiger partial charge in [-0.25, -0.2) is 18.6 Å². The third-order valence-corrected chi connectivity index (χ3v) is 7.73. The fourth-order valence-corrected chi connectivity index (χ4v) is 5.27. The van der Waals surface area contributed by atoms with Gasteiger partial charge in [0.1, 0.15) is 17.3 Å². The second-order valence-electron chi connectivity index (χ2n) is 11.3. The standard InChI is InChI=1S/C35H30F5N5O6/c1-19-12-13-23(32(49)41-16-6-9-20-7-3-2-4-8-20)30(51-33(50)35(38,39)40)27(19)28-22-14-15-26(48)45(29-24(36)10-5-11-25(29)37)31(22)44-34(43-28)42-21(17-46)18-47/h2-5,7-8,10-15,21,46-47H,6,9,16-18H2,1H3,(H,41,49)(H,42,43,44). The quantitative estimate of drug-likeness (QED) is 0.0628. The number of hydrogen-bond donors (Lipinski definition) is 4. The Morgan fingerprint density at radius 1 is 0.922 bits per heavy atom. The van der Waals surface area contributed by atoms with Crippen LogP contribution in [0.3, 0.4) is 0 Å². The highest BCUT2D eigenvalue weighted by molar-refractivity contribution is 6.03. The monoisotopic (exact) mass is 711 g/mol. The molecule has 0 radical (unpaired) electrons. The number of aryl methyl sites for hydroxylation is 2. The molecule has 0 aliphatic rings. The van der Waals surface area contributed by atoms with Gasteiger partial charge in [-0.2, -0.15) is 18.2 Å². The van der Waals surface area contributed by atoms with Crippen molar-refractivity contribution in [2.24, 2.45) is 0 Å². The van der Waals surface area contributed by atoms with E-state index in [1.54, 1.807) is 0 Å². The summed E-state index contributed by atoms with van der Waals surface area (Å²) in [5, 5.41) is 24.5. The molecule has 0 atom stereocenters. The van der Waals surface area contributed by atoms with Crippen molar-refractivity contribution < 1.29 is 46.5 Å². The first kappa shape index (κ1) is 36.5. The van der Waals surface area contributed by atoms with Crippen LogP contribution in [0.25, 0.3) is 28.0 Å². The van der Waals surface area contributed by atoms with Gasteiger partial charge in [0.2, 0.25) is 5.95 Å². The van der Waals surface area contributed by atoms with E-state index in [4.69, 9.17) is 4.74 Å². The van der Waals surface area contributed by atoms with E-state index < -0.39 is 83.1 Å². The molecular weight excluding hydrogens is 681 g/mol. The van der Waals surface area contributed by atoms with E-state index in [9.17, 15) is 37.8 Å². The number of pyridine rings is 1. The van der Waals surface area contributed by atoms with Crippen molar-refractivity contribution >= 4 is 28.9 Å². The Bertz CT molecular complexity index is 2120. The number of nitrogens with one attached hydrogen (secondary N) is 2. The number of alkyl halides is 3. The number of esters is 1. The van der Waals surface area contributed by atoms with Crippen molar-refractivity contribution in [1.82, 2.24) is 19.9 Å². The summed E-state index contributed by atoms with van der Waals surface area (Å²) in [6.07, 6.45) is -4.46. The van der Waals surface area contributed by atoms with Crippen molar-refractivity contribution in [3.05, 3.63) is 111 Å². The molecule has 0 spiro atoms. The Balaban J connectivity index is 1.74. The van der Waals surface area contributed by atoms with Crippen LogP contribution >= 0.6 is 0 Å². The molecule has 16 heteroatoms. The minimum atomic E-state index is -5.50. The number of carbonyl (C=O) groups is 2. The van der Waals surface area contributed by atoms with Crippen molar-refractivity contribution in [3.8, 4) is 22.7 Å². The lowest BCUT2D eigenvalue weighted by molar-refractivity contribution is -0.189. The van der Waals surface area contributed by atoms with Crippen LogP contribution < -0.4 is 20.9 Å². The first-order valence-electron chi connectivity index (χ1n) is 15.5. The zero-order valence-electron chi connectivity index (χ0n) is 26.8. The predicted molar refractivity (Wildman–Crippen MR) is 176 cm³/mol. The highest BCUT2D eigenvalue weighted by Gasteiger charge is 2.42. The molecule has 5 aromatic rings. The van der Waals surface area contributed by atoms with E-state index in [1.165, 1.54) is 13.0 Å². The van der Waals surface area contributed by atoms with Gasteiger partial charge >= 0.3 is 12.1 Å². The number of rotatable bonds is 12. The molecule has 0 aliphatic carbocycles. The van der Waals surface area contributed by atoms with Crippen molar-refractivity contribution in [1.29, 1.82) is 0 Å². The summed E-state index contributed by atoms with van der Waals surface area (Å²) >= 11 is 0. The number of aromatic nitrogens is 3. The van der Waals surface area contributed by atoms with Gasteiger partial charge < -0.3 is 25.6 Å². The van der Waals surface area contributed by atoms with Gasteiger partial charge in [-0.1, -0.05) is 42.5 Å². The molecule has 4 N–H and O–H groups in total. The number of hydrogen-bond acceptors (Lipinski definition) is 9. The zero-order valence-corrected chi connectivity index (χ0v) is 26.8. The molecule has 3 aromatic carbocycles. The number of aliphatic hydroxyl groups excluding tert-OH is 2. The smallest absolute Gasteiger partial charge is 0.418 e. The fraction of sp³-hybridized carbons (Fsp3) is 0.229. The van der Waals surface area contributed by atoms with Crippen LogP contribution in [0.1, 0.15) is 27.9 Å². The third-order valence-electron chi connectivity index (χ3n) is 7.73. The summed E-state index contributed by atoms with van der Waals surface area (Å²) in [6, 6.07) is 15.6. The van der Waals surface area contributed by atoms with Crippen LogP contribution in [0.4, 0.5) is 27.9 Å². The lowest BCUT2D eigenvalue weighted by Crippen LogP contribution is -2.31. The second kappa shape index (κ2) is 15.4. The molecule has 0 saturated carbocycles. The van der Waals surface area contributed by atoms with Crippen molar-refractivity contribution in [3.63, 3.8) is 0 Å². The largest absolute Gasteiger partial charge is 0.491 e. The summed E-state index contributed by atoms with van der Waals surface area (Å²) in [4.78, 5) is 47.6. The van der Waals surface area contributed by atoms with Crippen molar-refractivity contribution in [2.75, 3.05) is 25.1 Å². The van der Waals surface area contributed by atoms with E-state index in [1.807, 2.05) is 30.3 Å². The number of carbonyl (C=O) groups excluding carboxylic acids is 2. The number of amides is 1. The maximum Gasteiger partial charge on any atom is 0.491 e. The highest BCUT2D eigenvalue weighted by atomic mass is 19.4. The minimum absolute atomic E-state index is 0.0955. The average Bonchev–Trinajstić information content (AvgIpc) is 3.09. The normalized spacial score (nSPS) is 11.5. The molecule has 0 saturated heterocycles. The van der Waals surface area contributed by atoms with E-state index in [2.05, 4.69) is 20.6 Å². The number of benzene rings is 3. The van der Waals surface area contributed by atoms with E-state index in [-0.39, 0.29) is 28.8 Å². The van der Waals surface area contributed by atoms with Crippen LogP contribution in [0.2, 0.25) is 0 Å². The first-order chi connectivity index (χ1) is 24.3. The number of ether oxygens (including phenoxy) is 1. The molecular formula is C35H30F5N5O6. The van der Waals surface area contributed by atoms with Crippen LogP contribution in [0.5, 0.6) is 5.75 Å². The van der Waals surface area contributed by atoms with E-state index in [0.717, 1.165) is 42.0 Å². The van der Waals surface area contributed by atoms with Crippen molar-refractivity contribution in [2.45, 2.75) is 32.0 Å². The highest BCUT2D eigenvalue weighted by Crippen LogP contribution is 2.40. The Kier molecular flexibility index (Phi) is 11.1. The second-order valence-corrected chi connectivity index (χ2v) is 11.3. The number of halogens is 5. The van der Waals surface area contributed by atoms with Gasteiger partial charge in [0, 0.05) is 23.6 Å². The maximum absolute atomic E-state index is 15.1. The topological polar surface area (TPSA) is 156 Å². The van der Waals surface area contributed by atoms with Crippen LogP contribution in [-0.2, 0) is 11.2 Å². The summed E-state index contributed by atoms with van der Waals surface area (Å²) in [7, 11) is 0. The molecule has 0 unspecified atom stereocenters. The summed E-state index contributed by atoms with van der Waals surface area (Å²) in [5.41, 5.74) is -2.29. The van der Waals surface area contributed by atoms with Gasteiger partial charge in [-0.15, -0.1) is 0 Å². The fourth-order valence-electron chi connectivity index (χ4n) is 5.27. The number of aliphatic hydroxyl groups is 2. The molecule has 0 aliphatic heterocycles. The minimum Gasteiger partial charge on any atom is -0.418 e. The first-order valence-corrected chi connectivity index (χ1v) is 15.5. The van der Waals surface area contributed by atoms with Gasteiger partial charge in [-0.05, 0) is 55.2 Å². The van der Waals surface area contributed by atoms with E-state index >= 15 is 8.78 Å². The Hall–Kier alpha value is -5.74.